The fourth-order valence-electron chi connectivity index (χ4n) is 2.45. The maximum atomic E-state index is 11.9. The first-order valence-electron chi connectivity index (χ1n) is 8.74. The van der Waals surface area contributed by atoms with Crippen LogP contribution in [-0.4, -0.2) is 35.4 Å². The SMILES string of the molecule is COc1cccc(CNC(=O)COC(=O)Cn2nc(-c3ccccc3)oc2=O)c1. The van der Waals surface area contributed by atoms with Gasteiger partial charge < -0.3 is 19.2 Å². The van der Waals surface area contributed by atoms with E-state index < -0.39 is 30.8 Å². The van der Waals surface area contributed by atoms with E-state index in [0.29, 0.717) is 11.3 Å². The number of rotatable bonds is 8. The quantitative estimate of drug-likeness (QED) is 0.571. The average Bonchev–Trinajstić information content (AvgIpc) is 3.11. The molecule has 9 heteroatoms. The molecule has 0 spiro atoms. The Morgan fingerprint density at radius 3 is 2.69 bits per heavy atom. The number of hydrogen-bond donors (Lipinski definition) is 1. The van der Waals surface area contributed by atoms with E-state index in [1.165, 1.54) is 0 Å². The van der Waals surface area contributed by atoms with Crippen molar-refractivity contribution in [2.24, 2.45) is 0 Å². The van der Waals surface area contributed by atoms with Crippen LogP contribution in [0.2, 0.25) is 0 Å². The van der Waals surface area contributed by atoms with E-state index in [1.54, 1.807) is 49.6 Å². The Morgan fingerprint density at radius 1 is 1.14 bits per heavy atom. The second-order valence-electron chi connectivity index (χ2n) is 5.99. The van der Waals surface area contributed by atoms with Crippen molar-refractivity contribution in [3.8, 4) is 17.2 Å². The van der Waals surface area contributed by atoms with Gasteiger partial charge in [-0.1, -0.05) is 30.3 Å². The Morgan fingerprint density at radius 2 is 1.93 bits per heavy atom. The van der Waals surface area contributed by atoms with Crippen LogP contribution in [0, 0.1) is 0 Å². The summed E-state index contributed by atoms with van der Waals surface area (Å²) < 4.78 is 15.9. The second kappa shape index (κ2) is 9.36. The number of benzene rings is 2. The molecule has 0 saturated heterocycles. The molecule has 0 aliphatic heterocycles. The van der Waals surface area contributed by atoms with Gasteiger partial charge in [-0.3, -0.25) is 9.59 Å². The molecule has 0 saturated carbocycles. The summed E-state index contributed by atoms with van der Waals surface area (Å²) in [6, 6.07) is 16.0. The van der Waals surface area contributed by atoms with Crippen LogP contribution in [-0.2, 0) is 27.4 Å². The molecule has 1 aromatic heterocycles. The molecule has 1 amide bonds. The zero-order valence-corrected chi connectivity index (χ0v) is 15.7. The predicted molar refractivity (Wildman–Crippen MR) is 102 cm³/mol. The Labute approximate surface area is 165 Å². The standard InChI is InChI=1S/C20H19N3O6/c1-27-16-9-5-6-14(10-16)11-21-17(24)13-28-18(25)12-23-20(26)29-19(22-23)15-7-3-2-4-8-15/h2-10H,11-13H2,1H3,(H,21,24). The minimum atomic E-state index is -0.789. The normalized spacial score (nSPS) is 10.4. The van der Waals surface area contributed by atoms with Crippen LogP contribution in [0.3, 0.4) is 0 Å². The number of nitrogens with zero attached hydrogens (tertiary/aromatic N) is 2. The molecule has 9 nitrogen and oxygen atoms in total. The maximum Gasteiger partial charge on any atom is 0.437 e. The van der Waals surface area contributed by atoms with Crippen molar-refractivity contribution in [3.05, 3.63) is 70.7 Å². The van der Waals surface area contributed by atoms with Gasteiger partial charge in [-0.2, -0.15) is 4.68 Å². The zero-order valence-electron chi connectivity index (χ0n) is 15.7. The third-order valence-electron chi connectivity index (χ3n) is 3.89. The number of carbonyl (C=O) groups excluding carboxylic acids is 2. The van der Waals surface area contributed by atoms with Crippen molar-refractivity contribution in [2.45, 2.75) is 13.1 Å². The Kier molecular flexibility index (Phi) is 6.41. The molecule has 2 aromatic carbocycles. The number of esters is 1. The van der Waals surface area contributed by atoms with Crippen molar-refractivity contribution in [1.29, 1.82) is 0 Å². The Hall–Kier alpha value is -3.88. The van der Waals surface area contributed by atoms with E-state index >= 15 is 0 Å². The van der Waals surface area contributed by atoms with Gasteiger partial charge in [0.05, 0.1) is 7.11 Å². The van der Waals surface area contributed by atoms with Gasteiger partial charge in [-0.05, 0) is 29.8 Å². The van der Waals surface area contributed by atoms with Crippen molar-refractivity contribution >= 4 is 11.9 Å². The van der Waals surface area contributed by atoms with E-state index in [1.807, 2.05) is 12.1 Å². The summed E-state index contributed by atoms with van der Waals surface area (Å²) in [7, 11) is 1.56. The highest BCUT2D eigenvalue weighted by Gasteiger charge is 2.15. The molecule has 29 heavy (non-hydrogen) atoms. The summed E-state index contributed by atoms with van der Waals surface area (Å²) in [6.07, 6.45) is 0. The molecule has 0 radical (unpaired) electrons. The average molecular weight is 397 g/mol. The zero-order chi connectivity index (χ0) is 20.6. The first kappa shape index (κ1) is 19.9. The van der Waals surface area contributed by atoms with Crippen molar-refractivity contribution in [1.82, 2.24) is 15.1 Å². The minimum Gasteiger partial charge on any atom is -0.497 e. The van der Waals surface area contributed by atoms with E-state index in [-0.39, 0.29) is 12.4 Å². The highest BCUT2D eigenvalue weighted by atomic mass is 16.5. The summed E-state index contributed by atoms with van der Waals surface area (Å²) in [6.45, 7) is -0.671. The highest BCUT2D eigenvalue weighted by molar-refractivity contribution is 5.80. The number of amides is 1. The minimum absolute atomic E-state index is 0.0967. The van der Waals surface area contributed by atoms with Gasteiger partial charge in [0.25, 0.3) is 5.91 Å². The third kappa shape index (κ3) is 5.55. The molecule has 0 unspecified atom stereocenters. The number of carbonyl (C=O) groups is 2. The fraction of sp³-hybridized carbons (Fsp3) is 0.200. The molecular formula is C20H19N3O6. The summed E-state index contributed by atoms with van der Waals surface area (Å²) in [5, 5.41) is 6.60. The Balaban J connectivity index is 1.48. The van der Waals surface area contributed by atoms with Crippen molar-refractivity contribution < 1.29 is 23.5 Å². The van der Waals surface area contributed by atoms with Crippen LogP contribution < -0.4 is 15.8 Å². The van der Waals surface area contributed by atoms with Crippen LogP contribution >= 0.6 is 0 Å². The van der Waals surface area contributed by atoms with Gasteiger partial charge in [0.15, 0.2) is 6.61 Å². The molecule has 0 atom stereocenters. The van der Waals surface area contributed by atoms with E-state index in [2.05, 4.69) is 10.4 Å². The van der Waals surface area contributed by atoms with Gasteiger partial charge in [0, 0.05) is 12.1 Å². The lowest BCUT2D eigenvalue weighted by atomic mass is 10.2. The maximum absolute atomic E-state index is 11.9. The molecule has 3 aromatic rings. The van der Waals surface area contributed by atoms with Crippen LogP contribution in [0.25, 0.3) is 11.5 Å². The molecule has 0 aliphatic carbocycles. The highest BCUT2D eigenvalue weighted by Crippen LogP contribution is 2.14. The summed E-state index contributed by atoms with van der Waals surface area (Å²) in [5.41, 5.74) is 1.44. The van der Waals surface area contributed by atoms with E-state index in [9.17, 15) is 14.4 Å². The van der Waals surface area contributed by atoms with Crippen LogP contribution in [0.5, 0.6) is 5.75 Å². The lowest BCUT2D eigenvalue weighted by Gasteiger charge is -2.07. The molecule has 0 aliphatic rings. The van der Waals surface area contributed by atoms with Gasteiger partial charge in [0.1, 0.15) is 12.3 Å². The first-order valence-corrected chi connectivity index (χ1v) is 8.74. The van der Waals surface area contributed by atoms with Crippen LogP contribution in [0.15, 0.2) is 63.8 Å². The number of ether oxygens (including phenoxy) is 2. The Bertz CT molecular complexity index is 1040. The smallest absolute Gasteiger partial charge is 0.437 e. The van der Waals surface area contributed by atoms with Gasteiger partial charge in [-0.15, -0.1) is 5.10 Å². The predicted octanol–water partition coefficient (Wildman–Crippen LogP) is 1.37. The molecule has 3 rings (SSSR count). The van der Waals surface area contributed by atoms with Gasteiger partial charge >= 0.3 is 11.7 Å². The van der Waals surface area contributed by atoms with E-state index in [4.69, 9.17) is 13.9 Å². The monoisotopic (exact) mass is 397 g/mol. The summed E-state index contributed by atoms with van der Waals surface area (Å²) in [5.74, 6) is -1.27. The first-order chi connectivity index (χ1) is 14.0. The number of nitrogens with one attached hydrogen (secondary N) is 1. The second-order valence-corrected chi connectivity index (χ2v) is 5.99. The molecule has 1 N–H and O–H groups in total. The molecule has 0 bridgehead atoms. The lowest BCUT2D eigenvalue weighted by Crippen LogP contribution is -2.30. The van der Waals surface area contributed by atoms with Gasteiger partial charge in [-0.25, -0.2) is 4.79 Å². The lowest BCUT2D eigenvalue weighted by molar-refractivity contribution is -0.149. The molecule has 0 fully saturated rings. The van der Waals surface area contributed by atoms with Gasteiger partial charge in [0.2, 0.25) is 5.89 Å². The third-order valence-corrected chi connectivity index (χ3v) is 3.89. The molecular weight excluding hydrogens is 378 g/mol. The topological polar surface area (TPSA) is 113 Å². The molecule has 150 valence electrons. The number of hydrogen-bond acceptors (Lipinski definition) is 7. The summed E-state index contributed by atoms with van der Waals surface area (Å²) >= 11 is 0. The fourth-order valence-corrected chi connectivity index (χ4v) is 2.45. The van der Waals surface area contributed by atoms with Crippen molar-refractivity contribution in [2.75, 3.05) is 13.7 Å². The van der Waals surface area contributed by atoms with Crippen LogP contribution in [0.1, 0.15) is 5.56 Å². The number of aromatic nitrogens is 2. The summed E-state index contributed by atoms with van der Waals surface area (Å²) in [4.78, 5) is 35.6. The largest absolute Gasteiger partial charge is 0.497 e. The van der Waals surface area contributed by atoms with E-state index in [0.717, 1.165) is 10.2 Å². The molecule has 1 heterocycles. The van der Waals surface area contributed by atoms with Crippen LogP contribution in [0.4, 0.5) is 0 Å². The van der Waals surface area contributed by atoms with Crippen molar-refractivity contribution in [3.63, 3.8) is 0 Å². The number of methoxy groups -OCH3 is 1.